The van der Waals surface area contributed by atoms with Gasteiger partial charge in [0.1, 0.15) is 18.4 Å². The van der Waals surface area contributed by atoms with Crippen LogP contribution in [-0.2, 0) is 35.8 Å². The van der Waals surface area contributed by atoms with Crippen LogP contribution in [0.5, 0.6) is 5.75 Å². The highest BCUT2D eigenvalue weighted by Gasteiger charge is 2.40. The van der Waals surface area contributed by atoms with Crippen LogP contribution in [0.1, 0.15) is 40.0 Å². The van der Waals surface area contributed by atoms with Gasteiger partial charge in [-0.15, -0.1) is 6.42 Å². The lowest BCUT2D eigenvalue weighted by atomic mass is 10.0. The second-order valence-electron chi connectivity index (χ2n) is 8.21. The molecule has 2 aliphatic heterocycles. The molecule has 10 heteroatoms. The molecule has 2 aliphatic rings. The lowest BCUT2D eigenvalue weighted by Gasteiger charge is -2.29. The van der Waals surface area contributed by atoms with Crippen LogP contribution in [-0.4, -0.2) is 48.0 Å². The van der Waals surface area contributed by atoms with E-state index in [1.807, 2.05) is 17.0 Å². The molecule has 0 radical (unpaired) electrons. The molecule has 1 aromatic carbocycles. The molecule has 0 spiro atoms. The Kier molecular flexibility index (Phi) is 5.59. The van der Waals surface area contributed by atoms with Crippen LogP contribution < -0.4 is 10.1 Å². The van der Waals surface area contributed by atoms with Gasteiger partial charge in [-0.05, 0) is 18.6 Å². The predicted octanol–water partition coefficient (Wildman–Crippen LogP) is 1.10. The average molecular weight is 458 g/mol. The van der Waals surface area contributed by atoms with E-state index in [4.69, 9.17) is 11.2 Å². The number of benzene rings is 1. The zero-order valence-electron chi connectivity index (χ0n) is 18.3. The van der Waals surface area contributed by atoms with E-state index in [2.05, 4.69) is 21.3 Å². The molecule has 1 saturated heterocycles. The molecule has 172 valence electrons. The number of hydrogen-bond acceptors (Lipinski definition) is 6. The summed E-state index contributed by atoms with van der Waals surface area (Å²) in [6, 6.07) is 4.63. The van der Waals surface area contributed by atoms with E-state index < -0.39 is 11.9 Å². The Morgan fingerprint density at radius 1 is 1.21 bits per heavy atom. The number of piperidine rings is 1. The fraction of sp³-hybridized carbons (Fsp3) is 0.292. The molecule has 3 aromatic rings. The van der Waals surface area contributed by atoms with Gasteiger partial charge in [-0.25, -0.2) is 4.98 Å². The quantitative estimate of drug-likeness (QED) is 0.419. The number of fused-ring (bicyclic) bond motifs is 1. The molecule has 0 bridgehead atoms. The molecular formula is C24H22N6O4. The Bertz CT molecular complexity index is 1320. The number of amides is 3. The van der Waals surface area contributed by atoms with Crippen LogP contribution in [0.3, 0.4) is 0 Å². The second kappa shape index (κ2) is 8.86. The monoisotopic (exact) mass is 458 g/mol. The van der Waals surface area contributed by atoms with Gasteiger partial charge in [0.2, 0.25) is 11.8 Å². The van der Waals surface area contributed by atoms with Gasteiger partial charge in [0.25, 0.3) is 5.91 Å². The summed E-state index contributed by atoms with van der Waals surface area (Å²) >= 11 is 0. The normalized spacial score (nSPS) is 17.4. The number of aryl methyl sites for hydroxylation is 2. The third kappa shape index (κ3) is 4.15. The standard InChI is InChI=1S/C24H22N6O4/c1-2-16-10-26-29(11-16)9-8-28-12-17(25-15-28)14-34-21-5-3-4-18-19(21)13-30(24(18)33)20-6-7-22(31)27-23(20)32/h1,3-5,10-12,15,20H,6-9,13-14H2,(H,27,31,32). The Balaban J connectivity index is 1.22. The highest BCUT2D eigenvalue weighted by molar-refractivity contribution is 6.05. The third-order valence-corrected chi connectivity index (χ3v) is 5.99. The molecule has 10 nitrogen and oxygen atoms in total. The van der Waals surface area contributed by atoms with Crippen LogP contribution in [0.2, 0.25) is 0 Å². The first-order chi connectivity index (χ1) is 16.5. The lowest BCUT2D eigenvalue weighted by Crippen LogP contribution is -2.52. The van der Waals surface area contributed by atoms with Gasteiger partial charge in [-0.1, -0.05) is 12.0 Å². The van der Waals surface area contributed by atoms with Crippen molar-refractivity contribution in [2.24, 2.45) is 0 Å². The van der Waals surface area contributed by atoms with Gasteiger partial charge >= 0.3 is 0 Å². The average Bonchev–Trinajstić information content (AvgIpc) is 3.56. The van der Waals surface area contributed by atoms with Crippen LogP contribution in [0.15, 0.2) is 43.1 Å². The minimum atomic E-state index is -0.660. The number of carbonyl (C=O) groups excluding carboxylic acids is 3. The van der Waals surface area contributed by atoms with E-state index in [0.717, 1.165) is 16.8 Å². The molecule has 34 heavy (non-hydrogen) atoms. The maximum atomic E-state index is 12.9. The summed E-state index contributed by atoms with van der Waals surface area (Å²) in [5.74, 6) is 2.15. The fourth-order valence-corrected chi connectivity index (χ4v) is 4.23. The molecule has 4 heterocycles. The van der Waals surface area contributed by atoms with Crippen molar-refractivity contribution >= 4 is 17.7 Å². The number of carbonyl (C=O) groups is 3. The summed E-state index contributed by atoms with van der Waals surface area (Å²) in [4.78, 5) is 42.6. The molecule has 1 fully saturated rings. The largest absolute Gasteiger partial charge is 0.487 e. The SMILES string of the molecule is C#Cc1cnn(CCn2cnc(COc3cccc4c3CN(C3CCC(=O)NC3=O)C4=O)c2)c1. The molecule has 1 atom stereocenters. The molecular weight excluding hydrogens is 436 g/mol. The highest BCUT2D eigenvalue weighted by Crippen LogP contribution is 2.33. The summed E-state index contributed by atoms with van der Waals surface area (Å²) in [6.45, 7) is 1.82. The number of nitrogens with zero attached hydrogens (tertiary/aromatic N) is 5. The fourth-order valence-electron chi connectivity index (χ4n) is 4.23. The van der Waals surface area contributed by atoms with Crippen molar-refractivity contribution in [3.63, 3.8) is 0 Å². The minimum absolute atomic E-state index is 0.216. The van der Waals surface area contributed by atoms with Crippen molar-refractivity contribution in [3.8, 4) is 18.1 Å². The molecule has 0 aliphatic carbocycles. The zero-order valence-corrected chi connectivity index (χ0v) is 18.3. The smallest absolute Gasteiger partial charge is 0.255 e. The van der Waals surface area contributed by atoms with E-state index in [0.29, 0.717) is 30.8 Å². The van der Waals surface area contributed by atoms with Gasteiger partial charge < -0.3 is 14.2 Å². The first-order valence-electron chi connectivity index (χ1n) is 10.9. The van der Waals surface area contributed by atoms with Crippen molar-refractivity contribution in [1.29, 1.82) is 0 Å². The molecule has 0 saturated carbocycles. The van der Waals surface area contributed by atoms with E-state index >= 15 is 0 Å². The van der Waals surface area contributed by atoms with E-state index in [1.165, 1.54) is 4.90 Å². The first-order valence-corrected chi connectivity index (χ1v) is 10.9. The van der Waals surface area contributed by atoms with Crippen LogP contribution in [0.25, 0.3) is 0 Å². The number of imide groups is 1. The number of imidazole rings is 1. The lowest BCUT2D eigenvalue weighted by molar-refractivity contribution is -0.136. The number of terminal acetylenes is 1. The number of ether oxygens (including phenoxy) is 1. The molecule has 1 N–H and O–H groups in total. The van der Waals surface area contributed by atoms with Gasteiger partial charge in [-0.3, -0.25) is 24.4 Å². The molecule has 5 rings (SSSR count). The van der Waals surface area contributed by atoms with Crippen LogP contribution >= 0.6 is 0 Å². The maximum absolute atomic E-state index is 12.9. The van der Waals surface area contributed by atoms with Gasteiger partial charge in [-0.2, -0.15) is 5.10 Å². The summed E-state index contributed by atoms with van der Waals surface area (Å²) in [6.07, 6.45) is 13.0. The van der Waals surface area contributed by atoms with E-state index in [-0.39, 0.29) is 31.4 Å². The van der Waals surface area contributed by atoms with Crippen molar-refractivity contribution in [1.82, 2.24) is 29.5 Å². The van der Waals surface area contributed by atoms with Crippen molar-refractivity contribution in [2.75, 3.05) is 0 Å². The summed E-state index contributed by atoms with van der Waals surface area (Å²) < 4.78 is 9.73. The van der Waals surface area contributed by atoms with Crippen molar-refractivity contribution in [2.45, 2.75) is 45.1 Å². The van der Waals surface area contributed by atoms with Gasteiger partial charge in [0.15, 0.2) is 0 Å². The molecule has 3 amide bonds. The van der Waals surface area contributed by atoms with E-state index in [9.17, 15) is 14.4 Å². The predicted molar refractivity (Wildman–Crippen MR) is 119 cm³/mol. The van der Waals surface area contributed by atoms with Crippen LogP contribution in [0, 0.1) is 12.3 Å². The topological polar surface area (TPSA) is 111 Å². The van der Waals surface area contributed by atoms with Crippen molar-refractivity contribution < 1.29 is 19.1 Å². The highest BCUT2D eigenvalue weighted by atomic mass is 16.5. The number of hydrogen-bond donors (Lipinski definition) is 1. The summed E-state index contributed by atoms with van der Waals surface area (Å²) in [5, 5.41) is 6.53. The Hall–Kier alpha value is -4.39. The second-order valence-corrected chi connectivity index (χ2v) is 8.21. The van der Waals surface area contributed by atoms with Crippen molar-refractivity contribution in [3.05, 3.63) is 65.5 Å². The maximum Gasteiger partial charge on any atom is 0.255 e. The first kappa shape index (κ1) is 21.5. The Labute approximate surface area is 195 Å². The molecule has 2 aromatic heterocycles. The number of rotatable bonds is 7. The molecule has 1 unspecified atom stereocenters. The summed E-state index contributed by atoms with van der Waals surface area (Å²) in [5.41, 5.74) is 2.73. The Morgan fingerprint density at radius 3 is 2.88 bits per heavy atom. The van der Waals surface area contributed by atoms with Gasteiger partial charge in [0.05, 0.1) is 36.9 Å². The number of nitrogens with one attached hydrogen (secondary N) is 1. The van der Waals surface area contributed by atoms with Crippen LogP contribution in [0.4, 0.5) is 0 Å². The number of aromatic nitrogens is 4. The Morgan fingerprint density at radius 2 is 2.09 bits per heavy atom. The van der Waals surface area contributed by atoms with E-state index in [1.54, 1.807) is 35.4 Å². The minimum Gasteiger partial charge on any atom is -0.487 e. The zero-order chi connectivity index (χ0) is 23.7. The third-order valence-electron chi connectivity index (χ3n) is 5.99. The summed E-state index contributed by atoms with van der Waals surface area (Å²) in [7, 11) is 0. The van der Waals surface area contributed by atoms with Gasteiger partial charge in [0, 0.05) is 36.5 Å².